The van der Waals surface area contributed by atoms with Gasteiger partial charge < -0.3 is 10.0 Å². The van der Waals surface area contributed by atoms with Gasteiger partial charge in [0, 0.05) is 30.8 Å². The Hall–Kier alpha value is -1.62. The average Bonchev–Trinajstić information content (AvgIpc) is 2.45. The molecule has 1 saturated heterocycles. The minimum Gasteiger partial charge on any atom is -0.481 e. The fraction of sp³-hybridized carbons (Fsp3) is 0.533. The molecule has 1 amide bonds. The van der Waals surface area contributed by atoms with E-state index in [2.05, 4.69) is 4.98 Å². The summed E-state index contributed by atoms with van der Waals surface area (Å²) >= 11 is 5.95. The Kier molecular flexibility index (Phi) is 5.17. The van der Waals surface area contributed by atoms with E-state index in [-0.39, 0.29) is 18.2 Å². The number of aliphatic carboxylic acids is 1. The van der Waals surface area contributed by atoms with Crippen molar-refractivity contribution in [2.24, 2.45) is 5.92 Å². The molecule has 2 rings (SSSR count). The van der Waals surface area contributed by atoms with Crippen LogP contribution in [0, 0.1) is 5.92 Å². The van der Waals surface area contributed by atoms with Crippen LogP contribution in [0.1, 0.15) is 42.2 Å². The molecule has 5 nitrogen and oxygen atoms in total. The molecule has 0 radical (unpaired) electrons. The lowest BCUT2D eigenvalue weighted by molar-refractivity contribution is -0.138. The molecule has 0 saturated carbocycles. The second-order valence-electron chi connectivity index (χ2n) is 5.38. The van der Waals surface area contributed by atoms with Crippen LogP contribution in [0.2, 0.25) is 5.15 Å². The molecular weight excluding hydrogens is 292 g/mol. The zero-order chi connectivity index (χ0) is 15.4. The van der Waals surface area contributed by atoms with Gasteiger partial charge in [-0.05, 0) is 37.3 Å². The van der Waals surface area contributed by atoms with E-state index in [1.165, 1.54) is 0 Å². The third kappa shape index (κ3) is 4.17. The maximum absolute atomic E-state index is 12.5. The molecule has 1 atom stereocenters. The molecule has 114 valence electrons. The Morgan fingerprint density at radius 2 is 2.24 bits per heavy atom. The number of hydrogen-bond acceptors (Lipinski definition) is 3. The Morgan fingerprint density at radius 3 is 2.90 bits per heavy atom. The van der Waals surface area contributed by atoms with E-state index >= 15 is 0 Å². The van der Waals surface area contributed by atoms with Gasteiger partial charge in [0.25, 0.3) is 5.91 Å². The van der Waals surface area contributed by atoms with Gasteiger partial charge in [-0.1, -0.05) is 18.5 Å². The van der Waals surface area contributed by atoms with Gasteiger partial charge in [0.05, 0.1) is 0 Å². The molecule has 1 aromatic heterocycles. The molecule has 2 heterocycles. The second kappa shape index (κ2) is 6.89. The lowest BCUT2D eigenvalue weighted by Crippen LogP contribution is -2.40. The molecule has 0 spiro atoms. The minimum absolute atomic E-state index is 0.0307. The summed E-state index contributed by atoms with van der Waals surface area (Å²) in [6, 6.07) is 3.33. The van der Waals surface area contributed by atoms with Crippen molar-refractivity contribution in [1.82, 2.24) is 9.88 Å². The quantitative estimate of drug-likeness (QED) is 0.868. The Balaban J connectivity index is 2.12. The highest BCUT2D eigenvalue weighted by atomic mass is 35.5. The predicted molar refractivity (Wildman–Crippen MR) is 79.5 cm³/mol. The van der Waals surface area contributed by atoms with Gasteiger partial charge in [0.1, 0.15) is 5.15 Å². The molecule has 1 unspecified atom stereocenters. The van der Waals surface area contributed by atoms with Crippen LogP contribution in [0.4, 0.5) is 0 Å². The van der Waals surface area contributed by atoms with E-state index in [0.717, 1.165) is 18.5 Å². The minimum atomic E-state index is -0.811. The zero-order valence-electron chi connectivity index (χ0n) is 12.0. The number of amides is 1. The predicted octanol–water partition coefficient (Wildman–Crippen LogP) is 2.62. The SMILES string of the molecule is CCc1cc(C(=O)N2CCCC(CC(=O)O)C2)cc(Cl)n1. The topological polar surface area (TPSA) is 70.5 Å². The second-order valence-corrected chi connectivity index (χ2v) is 5.77. The number of aromatic nitrogens is 1. The van der Waals surface area contributed by atoms with Crippen LogP contribution in [-0.2, 0) is 11.2 Å². The molecular formula is C15H19ClN2O3. The third-order valence-electron chi connectivity index (χ3n) is 3.73. The van der Waals surface area contributed by atoms with Crippen molar-refractivity contribution in [1.29, 1.82) is 0 Å². The van der Waals surface area contributed by atoms with Crippen molar-refractivity contribution in [3.05, 3.63) is 28.5 Å². The van der Waals surface area contributed by atoms with E-state index in [4.69, 9.17) is 16.7 Å². The highest BCUT2D eigenvalue weighted by Gasteiger charge is 2.26. The first-order valence-corrected chi connectivity index (χ1v) is 7.55. The van der Waals surface area contributed by atoms with Crippen molar-refractivity contribution >= 4 is 23.5 Å². The van der Waals surface area contributed by atoms with Crippen LogP contribution >= 0.6 is 11.6 Å². The van der Waals surface area contributed by atoms with E-state index in [1.54, 1.807) is 17.0 Å². The number of rotatable bonds is 4. The number of piperidine rings is 1. The fourth-order valence-electron chi connectivity index (χ4n) is 2.70. The summed E-state index contributed by atoms with van der Waals surface area (Å²) in [5, 5.41) is 9.20. The molecule has 0 bridgehead atoms. The monoisotopic (exact) mass is 310 g/mol. The normalized spacial score (nSPS) is 18.6. The highest BCUT2D eigenvalue weighted by molar-refractivity contribution is 6.29. The van der Waals surface area contributed by atoms with Crippen molar-refractivity contribution in [2.45, 2.75) is 32.6 Å². The summed E-state index contributed by atoms with van der Waals surface area (Å²) in [6.45, 7) is 3.11. The van der Waals surface area contributed by atoms with E-state index in [1.807, 2.05) is 6.92 Å². The number of likely N-dealkylation sites (tertiary alicyclic amines) is 1. The summed E-state index contributed by atoms with van der Waals surface area (Å²) in [6.07, 6.45) is 2.51. The van der Waals surface area contributed by atoms with E-state index in [0.29, 0.717) is 30.2 Å². The third-order valence-corrected chi connectivity index (χ3v) is 3.92. The largest absolute Gasteiger partial charge is 0.481 e. The van der Waals surface area contributed by atoms with Gasteiger partial charge in [0.15, 0.2) is 0 Å². The maximum Gasteiger partial charge on any atom is 0.303 e. The van der Waals surface area contributed by atoms with Gasteiger partial charge in [-0.2, -0.15) is 0 Å². The smallest absolute Gasteiger partial charge is 0.303 e. The molecule has 1 aromatic rings. The Bertz CT molecular complexity index is 548. The number of carbonyl (C=O) groups excluding carboxylic acids is 1. The molecule has 1 fully saturated rings. The lowest BCUT2D eigenvalue weighted by Gasteiger charge is -2.32. The summed E-state index contributed by atoms with van der Waals surface area (Å²) < 4.78 is 0. The van der Waals surface area contributed by atoms with Crippen LogP contribution in [0.3, 0.4) is 0 Å². The van der Waals surface area contributed by atoms with Crippen molar-refractivity contribution in [2.75, 3.05) is 13.1 Å². The number of carboxylic acids is 1. The van der Waals surface area contributed by atoms with E-state index in [9.17, 15) is 9.59 Å². The first-order valence-electron chi connectivity index (χ1n) is 7.17. The number of aryl methyl sites for hydroxylation is 1. The van der Waals surface area contributed by atoms with Gasteiger partial charge in [0.2, 0.25) is 0 Å². The molecule has 1 aliphatic rings. The van der Waals surface area contributed by atoms with Crippen LogP contribution in [0.15, 0.2) is 12.1 Å². The molecule has 0 aromatic carbocycles. The number of carbonyl (C=O) groups is 2. The van der Waals surface area contributed by atoms with Gasteiger partial charge in [-0.25, -0.2) is 4.98 Å². The van der Waals surface area contributed by atoms with Crippen molar-refractivity contribution < 1.29 is 14.7 Å². The Morgan fingerprint density at radius 1 is 1.48 bits per heavy atom. The maximum atomic E-state index is 12.5. The number of pyridine rings is 1. The van der Waals surface area contributed by atoms with Crippen LogP contribution in [-0.4, -0.2) is 40.0 Å². The standard InChI is InChI=1S/C15H19ClN2O3/c1-2-12-7-11(8-13(16)17-12)15(21)18-5-3-4-10(9-18)6-14(19)20/h7-8,10H,2-6,9H2,1H3,(H,19,20). The Labute approximate surface area is 128 Å². The van der Waals surface area contributed by atoms with Crippen LogP contribution < -0.4 is 0 Å². The summed E-state index contributed by atoms with van der Waals surface area (Å²) in [4.78, 5) is 29.2. The highest BCUT2D eigenvalue weighted by Crippen LogP contribution is 2.22. The molecule has 6 heteroatoms. The summed E-state index contributed by atoms with van der Waals surface area (Å²) in [7, 11) is 0. The number of nitrogens with zero attached hydrogens (tertiary/aromatic N) is 2. The van der Waals surface area contributed by atoms with Crippen LogP contribution in [0.25, 0.3) is 0 Å². The summed E-state index contributed by atoms with van der Waals surface area (Å²) in [5.41, 5.74) is 1.31. The number of halogens is 1. The molecule has 1 N–H and O–H groups in total. The fourth-order valence-corrected chi connectivity index (χ4v) is 2.93. The van der Waals surface area contributed by atoms with Gasteiger partial charge in [-0.3, -0.25) is 9.59 Å². The van der Waals surface area contributed by atoms with Crippen LogP contribution in [0.5, 0.6) is 0 Å². The van der Waals surface area contributed by atoms with Crippen molar-refractivity contribution in [3.63, 3.8) is 0 Å². The first kappa shape index (κ1) is 15.8. The molecule has 0 aliphatic carbocycles. The first-order chi connectivity index (χ1) is 9.99. The average molecular weight is 311 g/mol. The number of hydrogen-bond donors (Lipinski definition) is 1. The molecule has 21 heavy (non-hydrogen) atoms. The summed E-state index contributed by atoms with van der Waals surface area (Å²) in [5.74, 6) is -0.873. The van der Waals surface area contributed by atoms with Gasteiger partial charge >= 0.3 is 5.97 Å². The van der Waals surface area contributed by atoms with E-state index < -0.39 is 5.97 Å². The van der Waals surface area contributed by atoms with Crippen molar-refractivity contribution in [3.8, 4) is 0 Å². The zero-order valence-corrected chi connectivity index (χ0v) is 12.8. The van der Waals surface area contributed by atoms with Gasteiger partial charge in [-0.15, -0.1) is 0 Å². The lowest BCUT2D eigenvalue weighted by atomic mass is 9.94. The molecule has 1 aliphatic heterocycles. The number of carboxylic acid groups (broad SMARTS) is 1.